The van der Waals surface area contributed by atoms with Gasteiger partial charge in [0.05, 0.1) is 28.1 Å². The van der Waals surface area contributed by atoms with E-state index in [0.29, 0.717) is 5.92 Å². The number of benzene rings is 4. The van der Waals surface area contributed by atoms with E-state index in [-0.39, 0.29) is 0 Å². The lowest BCUT2D eigenvalue weighted by Gasteiger charge is -2.14. The van der Waals surface area contributed by atoms with Crippen LogP contribution in [0.2, 0.25) is 0 Å². The molecule has 0 unspecified atom stereocenters. The molecule has 0 aliphatic carbocycles. The van der Waals surface area contributed by atoms with Gasteiger partial charge in [0.2, 0.25) is 0 Å². The maximum atomic E-state index is 6.53. The topological polar surface area (TPSA) is 44.9 Å². The van der Waals surface area contributed by atoms with Crippen molar-refractivity contribution in [3.05, 3.63) is 132 Å². The van der Waals surface area contributed by atoms with Crippen LogP contribution in [0.1, 0.15) is 30.8 Å². The Kier molecular flexibility index (Phi) is 6.78. The van der Waals surface area contributed by atoms with Gasteiger partial charge in [-0.3, -0.25) is 4.57 Å². The van der Waals surface area contributed by atoms with E-state index in [1.165, 1.54) is 33.2 Å². The highest BCUT2D eigenvalue weighted by Crippen LogP contribution is 2.36. The van der Waals surface area contributed by atoms with Crippen molar-refractivity contribution in [3.8, 4) is 34.1 Å². The molecule has 7 rings (SSSR count). The van der Waals surface area contributed by atoms with Gasteiger partial charge >= 0.3 is 0 Å². The first-order valence-electron chi connectivity index (χ1n) is 14.8. The number of para-hydroxylation sites is 1. The highest BCUT2D eigenvalue weighted by atomic mass is 16.5. The number of hydrogen-bond acceptors (Lipinski definition) is 3. The molecule has 7 aromatic rings. The fraction of sp³-hybridized carbons (Fsp3) is 0.158. The van der Waals surface area contributed by atoms with Crippen molar-refractivity contribution < 1.29 is 4.74 Å². The van der Waals surface area contributed by atoms with Crippen molar-refractivity contribution >= 4 is 21.8 Å². The van der Waals surface area contributed by atoms with E-state index in [1.807, 2.05) is 30.5 Å². The fourth-order valence-electron chi connectivity index (χ4n) is 6.06. The molecule has 212 valence electrons. The van der Waals surface area contributed by atoms with Gasteiger partial charge in [-0.15, -0.1) is 0 Å². The summed E-state index contributed by atoms with van der Waals surface area (Å²) < 4.78 is 10.8. The van der Waals surface area contributed by atoms with Crippen molar-refractivity contribution in [1.29, 1.82) is 0 Å². The lowest BCUT2D eigenvalue weighted by molar-refractivity contribution is 0.482. The molecular weight excluding hydrogens is 528 g/mol. The van der Waals surface area contributed by atoms with Gasteiger partial charge in [-0.1, -0.05) is 68.4 Å². The molecule has 0 fully saturated rings. The molecule has 0 aliphatic rings. The SMILES string of the molecule is Cc1ccnc(-n2c3ccccc3c3ccc(Oc4cccc(-n5nc(C)c(-c6ccccc6)c5CC(C)C)c4)cc32)c1. The van der Waals surface area contributed by atoms with Crippen LogP contribution in [-0.4, -0.2) is 19.3 Å². The van der Waals surface area contributed by atoms with Crippen LogP contribution in [0.5, 0.6) is 11.5 Å². The molecule has 43 heavy (non-hydrogen) atoms. The van der Waals surface area contributed by atoms with Gasteiger partial charge in [-0.05, 0) is 79.8 Å². The van der Waals surface area contributed by atoms with Gasteiger partial charge in [-0.25, -0.2) is 9.67 Å². The molecule has 0 amide bonds. The Morgan fingerprint density at radius 1 is 0.721 bits per heavy atom. The summed E-state index contributed by atoms with van der Waals surface area (Å²) in [7, 11) is 0. The predicted molar refractivity (Wildman–Crippen MR) is 176 cm³/mol. The minimum atomic E-state index is 0.484. The summed E-state index contributed by atoms with van der Waals surface area (Å²) in [5.74, 6) is 2.91. The van der Waals surface area contributed by atoms with Crippen molar-refractivity contribution in [2.75, 3.05) is 0 Å². The summed E-state index contributed by atoms with van der Waals surface area (Å²) in [5, 5.41) is 7.38. The van der Waals surface area contributed by atoms with Crippen molar-refractivity contribution in [2.24, 2.45) is 5.92 Å². The molecule has 0 atom stereocenters. The maximum Gasteiger partial charge on any atom is 0.137 e. The van der Waals surface area contributed by atoms with E-state index >= 15 is 0 Å². The number of nitrogens with zero attached hydrogens (tertiary/aromatic N) is 4. The molecule has 0 N–H and O–H groups in total. The summed E-state index contributed by atoms with van der Waals surface area (Å²) >= 11 is 0. The second-order valence-corrected chi connectivity index (χ2v) is 11.6. The lowest BCUT2D eigenvalue weighted by Crippen LogP contribution is -2.06. The number of hydrogen-bond donors (Lipinski definition) is 0. The zero-order chi connectivity index (χ0) is 29.5. The van der Waals surface area contributed by atoms with E-state index in [2.05, 4.69) is 122 Å². The van der Waals surface area contributed by atoms with E-state index in [9.17, 15) is 0 Å². The van der Waals surface area contributed by atoms with Gasteiger partial charge in [-0.2, -0.15) is 5.10 Å². The number of pyridine rings is 1. The molecular formula is C38H34N4O. The Balaban J connectivity index is 1.30. The van der Waals surface area contributed by atoms with Gasteiger partial charge in [0.25, 0.3) is 0 Å². The molecule has 0 aliphatic heterocycles. The second-order valence-electron chi connectivity index (χ2n) is 11.6. The lowest BCUT2D eigenvalue weighted by atomic mass is 9.98. The normalized spacial score (nSPS) is 11.6. The second kappa shape index (κ2) is 10.9. The first kappa shape index (κ1) is 26.7. The molecule has 0 saturated heterocycles. The smallest absolute Gasteiger partial charge is 0.137 e. The summed E-state index contributed by atoms with van der Waals surface area (Å²) in [5.41, 5.74) is 8.98. The van der Waals surface area contributed by atoms with E-state index in [0.717, 1.165) is 46.2 Å². The number of aromatic nitrogens is 4. The molecule has 0 spiro atoms. The molecule has 3 heterocycles. The third-order valence-corrected chi connectivity index (χ3v) is 7.89. The van der Waals surface area contributed by atoms with Gasteiger partial charge in [0.15, 0.2) is 0 Å². The van der Waals surface area contributed by atoms with Gasteiger partial charge in [0.1, 0.15) is 17.3 Å². The molecule has 5 heteroatoms. The first-order valence-corrected chi connectivity index (χ1v) is 14.8. The Labute approximate surface area is 252 Å². The first-order chi connectivity index (χ1) is 21.0. The monoisotopic (exact) mass is 562 g/mol. The minimum absolute atomic E-state index is 0.484. The Morgan fingerprint density at radius 2 is 1.49 bits per heavy atom. The quantitative estimate of drug-likeness (QED) is 0.194. The molecule has 0 radical (unpaired) electrons. The molecule has 4 aromatic carbocycles. The van der Waals surface area contributed by atoms with Crippen LogP contribution in [0.25, 0.3) is 44.4 Å². The highest BCUT2D eigenvalue weighted by molar-refractivity contribution is 6.09. The van der Waals surface area contributed by atoms with Crippen LogP contribution in [0, 0.1) is 19.8 Å². The fourth-order valence-corrected chi connectivity index (χ4v) is 6.06. The third kappa shape index (κ3) is 4.97. The third-order valence-electron chi connectivity index (χ3n) is 7.89. The average molecular weight is 563 g/mol. The molecule has 0 bridgehead atoms. The number of rotatable bonds is 7. The van der Waals surface area contributed by atoms with Crippen LogP contribution >= 0.6 is 0 Å². The predicted octanol–water partition coefficient (Wildman–Crippen LogP) is 9.64. The summed E-state index contributed by atoms with van der Waals surface area (Å²) in [6, 6.07) is 37.7. The van der Waals surface area contributed by atoms with Crippen molar-refractivity contribution in [2.45, 2.75) is 34.1 Å². The highest BCUT2D eigenvalue weighted by Gasteiger charge is 2.20. The molecule has 0 saturated carbocycles. The van der Waals surface area contributed by atoms with Gasteiger partial charge in [0, 0.05) is 34.7 Å². The Hall–Kier alpha value is -5.16. The zero-order valence-corrected chi connectivity index (χ0v) is 25.0. The Morgan fingerprint density at radius 3 is 2.30 bits per heavy atom. The minimum Gasteiger partial charge on any atom is -0.457 e. The van der Waals surface area contributed by atoms with Crippen molar-refractivity contribution in [3.63, 3.8) is 0 Å². The number of ether oxygens (including phenoxy) is 1. The summed E-state index contributed by atoms with van der Waals surface area (Å²) in [4.78, 5) is 4.71. The van der Waals surface area contributed by atoms with Crippen LogP contribution in [-0.2, 0) is 6.42 Å². The largest absolute Gasteiger partial charge is 0.457 e. The van der Waals surface area contributed by atoms with E-state index < -0.39 is 0 Å². The summed E-state index contributed by atoms with van der Waals surface area (Å²) in [6.07, 6.45) is 2.79. The van der Waals surface area contributed by atoms with Crippen LogP contribution in [0.15, 0.2) is 115 Å². The zero-order valence-electron chi connectivity index (χ0n) is 25.0. The maximum absolute atomic E-state index is 6.53. The van der Waals surface area contributed by atoms with Crippen LogP contribution in [0.3, 0.4) is 0 Å². The summed E-state index contributed by atoms with van der Waals surface area (Å²) in [6.45, 7) is 8.70. The number of fused-ring (bicyclic) bond motifs is 3. The molecule has 3 aromatic heterocycles. The Bertz CT molecular complexity index is 2090. The van der Waals surface area contributed by atoms with Gasteiger partial charge < -0.3 is 4.74 Å². The standard InChI is InChI=1S/C38H34N4O/c1-25(2)21-36-38(28-11-6-5-7-12-28)27(4)40-42(36)29-13-10-14-30(23-29)43-31-17-18-33-32-15-8-9-16-34(32)41(35(33)24-31)37-22-26(3)19-20-39-37/h5-20,22-25H,21H2,1-4H3. The van der Waals surface area contributed by atoms with Crippen molar-refractivity contribution in [1.82, 2.24) is 19.3 Å². The van der Waals surface area contributed by atoms with Crippen LogP contribution < -0.4 is 4.74 Å². The van der Waals surface area contributed by atoms with E-state index in [1.54, 1.807) is 0 Å². The number of aryl methyl sites for hydroxylation is 2. The molecule has 5 nitrogen and oxygen atoms in total. The van der Waals surface area contributed by atoms with Crippen LogP contribution in [0.4, 0.5) is 0 Å². The average Bonchev–Trinajstić information content (AvgIpc) is 3.51. The van der Waals surface area contributed by atoms with E-state index in [4.69, 9.17) is 14.8 Å².